The van der Waals surface area contributed by atoms with E-state index in [2.05, 4.69) is 56.6 Å². The van der Waals surface area contributed by atoms with Gasteiger partial charge in [0.1, 0.15) is 0 Å². The average molecular weight is 316 g/mol. The van der Waals surface area contributed by atoms with Gasteiger partial charge in [0, 0.05) is 61.6 Å². The molecule has 120 valence electrons. The molecule has 0 spiro atoms. The Bertz CT molecular complexity index is 802. The zero-order valence-electron chi connectivity index (χ0n) is 13.5. The van der Waals surface area contributed by atoms with E-state index in [9.17, 15) is 0 Å². The normalized spacial score (nSPS) is 14.5. The first-order chi connectivity index (χ1) is 11.9. The summed E-state index contributed by atoms with van der Waals surface area (Å²) in [5.74, 6) is 0. The van der Waals surface area contributed by atoms with Crippen molar-refractivity contribution in [3.63, 3.8) is 0 Å². The summed E-state index contributed by atoms with van der Waals surface area (Å²) in [6, 6.07) is 16.7. The Kier molecular flexibility index (Phi) is 4.21. The van der Waals surface area contributed by atoms with Crippen molar-refractivity contribution in [3.05, 3.63) is 78.2 Å². The van der Waals surface area contributed by atoms with Crippen LogP contribution in [0.1, 0.15) is 11.1 Å². The highest BCUT2D eigenvalue weighted by Crippen LogP contribution is 2.25. The lowest BCUT2D eigenvalue weighted by Gasteiger charge is -2.19. The molecule has 1 N–H and O–H groups in total. The molecular weight excluding hydrogens is 296 g/mol. The fourth-order valence-electron chi connectivity index (χ4n) is 3.09. The zero-order chi connectivity index (χ0) is 16.2. The summed E-state index contributed by atoms with van der Waals surface area (Å²) >= 11 is 0. The SMILES string of the molecule is c1ccc(CN2CCNc3cc(-c4cccnc4)ncc3C2)cc1. The minimum absolute atomic E-state index is 0.914. The molecule has 0 saturated heterocycles. The topological polar surface area (TPSA) is 41.0 Å². The molecule has 0 fully saturated rings. The molecule has 0 radical (unpaired) electrons. The van der Waals surface area contributed by atoms with E-state index < -0.39 is 0 Å². The van der Waals surface area contributed by atoms with Crippen molar-refractivity contribution in [2.45, 2.75) is 13.1 Å². The van der Waals surface area contributed by atoms with Gasteiger partial charge in [-0.15, -0.1) is 0 Å². The first-order valence-corrected chi connectivity index (χ1v) is 8.28. The lowest BCUT2D eigenvalue weighted by Crippen LogP contribution is -2.25. The van der Waals surface area contributed by atoms with Crippen molar-refractivity contribution in [1.82, 2.24) is 14.9 Å². The van der Waals surface area contributed by atoms with Crippen molar-refractivity contribution in [2.24, 2.45) is 0 Å². The molecular formula is C20H20N4. The first-order valence-electron chi connectivity index (χ1n) is 8.28. The number of nitrogens with one attached hydrogen (secondary N) is 1. The number of pyridine rings is 2. The molecule has 24 heavy (non-hydrogen) atoms. The molecule has 0 amide bonds. The van der Waals surface area contributed by atoms with E-state index >= 15 is 0 Å². The van der Waals surface area contributed by atoms with Gasteiger partial charge in [-0.25, -0.2) is 0 Å². The number of aromatic nitrogens is 2. The fourth-order valence-corrected chi connectivity index (χ4v) is 3.09. The molecule has 0 aliphatic carbocycles. The zero-order valence-corrected chi connectivity index (χ0v) is 13.5. The second-order valence-electron chi connectivity index (χ2n) is 6.09. The number of benzene rings is 1. The van der Waals surface area contributed by atoms with Gasteiger partial charge in [-0.05, 0) is 23.8 Å². The number of hydrogen-bond acceptors (Lipinski definition) is 4. The van der Waals surface area contributed by atoms with E-state index in [0.29, 0.717) is 0 Å². The van der Waals surface area contributed by atoms with Gasteiger partial charge in [-0.2, -0.15) is 0 Å². The maximum Gasteiger partial charge on any atom is 0.0738 e. The van der Waals surface area contributed by atoms with Crippen LogP contribution in [0.2, 0.25) is 0 Å². The third-order valence-corrected chi connectivity index (χ3v) is 4.33. The number of anilines is 1. The quantitative estimate of drug-likeness (QED) is 0.802. The van der Waals surface area contributed by atoms with E-state index in [-0.39, 0.29) is 0 Å². The van der Waals surface area contributed by atoms with Crippen molar-refractivity contribution < 1.29 is 0 Å². The van der Waals surface area contributed by atoms with Gasteiger partial charge in [-0.3, -0.25) is 14.9 Å². The second kappa shape index (κ2) is 6.81. The second-order valence-corrected chi connectivity index (χ2v) is 6.09. The van der Waals surface area contributed by atoms with Gasteiger partial charge in [0.25, 0.3) is 0 Å². The maximum atomic E-state index is 4.64. The standard InChI is InChI=1S/C20H20N4/c1-2-5-16(6-3-1)14-24-10-9-22-20-11-19(23-13-18(20)15-24)17-7-4-8-21-12-17/h1-8,11-13,22H,9-10,14-15H2. The van der Waals surface area contributed by atoms with E-state index in [0.717, 1.165) is 37.4 Å². The maximum absolute atomic E-state index is 4.64. The minimum atomic E-state index is 0.914. The highest BCUT2D eigenvalue weighted by molar-refractivity contribution is 5.65. The van der Waals surface area contributed by atoms with Crippen molar-refractivity contribution in [3.8, 4) is 11.3 Å². The van der Waals surface area contributed by atoms with Crippen molar-refractivity contribution in [1.29, 1.82) is 0 Å². The van der Waals surface area contributed by atoms with Crippen LogP contribution in [0.4, 0.5) is 5.69 Å². The van der Waals surface area contributed by atoms with Gasteiger partial charge in [0.2, 0.25) is 0 Å². The molecule has 1 aliphatic rings. The molecule has 2 aromatic heterocycles. The average Bonchev–Trinajstić information content (AvgIpc) is 2.84. The molecule has 0 atom stereocenters. The summed E-state index contributed by atoms with van der Waals surface area (Å²) in [5.41, 5.74) is 5.79. The molecule has 0 bridgehead atoms. The van der Waals surface area contributed by atoms with Crippen LogP contribution in [0.5, 0.6) is 0 Å². The van der Waals surface area contributed by atoms with Crippen LogP contribution in [-0.2, 0) is 13.1 Å². The van der Waals surface area contributed by atoms with Gasteiger partial charge < -0.3 is 5.32 Å². The summed E-state index contributed by atoms with van der Waals surface area (Å²) in [6.45, 7) is 3.84. The van der Waals surface area contributed by atoms with Crippen LogP contribution in [0.3, 0.4) is 0 Å². The monoisotopic (exact) mass is 316 g/mol. The summed E-state index contributed by atoms with van der Waals surface area (Å²) in [4.78, 5) is 11.3. The molecule has 3 aromatic rings. The van der Waals surface area contributed by atoms with Gasteiger partial charge in [0.05, 0.1) is 5.69 Å². The predicted molar refractivity (Wildman–Crippen MR) is 96.5 cm³/mol. The first kappa shape index (κ1) is 14.8. The van der Waals surface area contributed by atoms with Gasteiger partial charge >= 0.3 is 0 Å². The largest absolute Gasteiger partial charge is 0.383 e. The predicted octanol–water partition coefficient (Wildman–Crippen LogP) is 3.57. The molecule has 0 unspecified atom stereocenters. The Morgan fingerprint density at radius 1 is 1.04 bits per heavy atom. The van der Waals surface area contributed by atoms with Crippen molar-refractivity contribution >= 4 is 5.69 Å². The summed E-state index contributed by atoms with van der Waals surface area (Å²) in [6.07, 6.45) is 5.63. The van der Waals surface area contributed by atoms with E-state index in [4.69, 9.17) is 0 Å². The third-order valence-electron chi connectivity index (χ3n) is 4.33. The molecule has 4 heteroatoms. The Morgan fingerprint density at radius 2 is 1.96 bits per heavy atom. The molecule has 0 saturated carbocycles. The van der Waals surface area contributed by atoms with Crippen molar-refractivity contribution in [2.75, 3.05) is 18.4 Å². The van der Waals surface area contributed by atoms with Gasteiger partial charge in [-0.1, -0.05) is 30.3 Å². The number of rotatable bonds is 3. The fraction of sp³-hybridized carbons (Fsp3) is 0.200. The highest BCUT2D eigenvalue weighted by atomic mass is 15.2. The molecule has 3 heterocycles. The van der Waals surface area contributed by atoms with Gasteiger partial charge in [0.15, 0.2) is 0 Å². The summed E-state index contributed by atoms with van der Waals surface area (Å²) in [7, 11) is 0. The van der Waals surface area contributed by atoms with Crippen LogP contribution in [0, 0.1) is 0 Å². The van der Waals surface area contributed by atoms with E-state index in [1.807, 2.05) is 24.5 Å². The van der Waals surface area contributed by atoms with Crippen LogP contribution in [0.25, 0.3) is 11.3 Å². The lowest BCUT2D eigenvalue weighted by molar-refractivity contribution is 0.271. The third kappa shape index (κ3) is 3.29. The van der Waals surface area contributed by atoms with E-state index in [1.54, 1.807) is 6.20 Å². The Hall–Kier alpha value is -2.72. The van der Waals surface area contributed by atoms with Crippen LogP contribution < -0.4 is 5.32 Å². The van der Waals surface area contributed by atoms with Crippen LogP contribution >= 0.6 is 0 Å². The summed E-state index contributed by atoms with van der Waals surface area (Å²) in [5, 5.41) is 3.55. The van der Waals surface area contributed by atoms with E-state index in [1.165, 1.54) is 16.8 Å². The Labute approximate surface area is 142 Å². The molecule has 4 nitrogen and oxygen atoms in total. The Morgan fingerprint density at radius 3 is 2.79 bits per heavy atom. The molecule has 1 aromatic carbocycles. The Balaban J connectivity index is 1.56. The number of hydrogen-bond donors (Lipinski definition) is 1. The highest BCUT2D eigenvalue weighted by Gasteiger charge is 2.15. The van der Waals surface area contributed by atoms with Crippen LogP contribution in [0.15, 0.2) is 67.1 Å². The number of fused-ring (bicyclic) bond motifs is 1. The molecule has 1 aliphatic heterocycles. The minimum Gasteiger partial charge on any atom is -0.383 e. The lowest BCUT2D eigenvalue weighted by atomic mass is 10.1. The number of nitrogens with zero attached hydrogens (tertiary/aromatic N) is 3. The molecule has 4 rings (SSSR count). The smallest absolute Gasteiger partial charge is 0.0738 e. The van der Waals surface area contributed by atoms with Crippen LogP contribution in [-0.4, -0.2) is 28.0 Å². The summed E-state index contributed by atoms with van der Waals surface area (Å²) < 4.78 is 0.